The SMILES string of the molecule is COc1cnn(-c2cc(C)c(F)cc2C(C)N)c1. The highest BCUT2D eigenvalue weighted by Gasteiger charge is 2.13. The molecule has 0 aliphatic rings. The minimum atomic E-state index is -0.273. The van der Waals surface area contributed by atoms with Crippen molar-refractivity contribution in [2.45, 2.75) is 19.9 Å². The Hall–Kier alpha value is -1.88. The van der Waals surface area contributed by atoms with Crippen LogP contribution in [0.25, 0.3) is 5.69 Å². The van der Waals surface area contributed by atoms with Crippen LogP contribution in [0.4, 0.5) is 4.39 Å². The predicted molar refractivity (Wildman–Crippen MR) is 67.4 cm³/mol. The molecule has 0 amide bonds. The Morgan fingerprint density at radius 1 is 1.44 bits per heavy atom. The van der Waals surface area contributed by atoms with Crippen LogP contribution in [-0.4, -0.2) is 16.9 Å². The zero-order chi connectivity index (χ0) is 13.3. The van der Waals surface area contributed by atoms with Crippen molar-refractivity contribution in [2.24, 2.45) is 5.73 Å². The molecular weight excluding hydrogens is 233 g/mol. The summed E-state index contributed by atoms with van der Waals surface area (Å²) in [5, 5.41) is 4.18. The second-order valence-corrected chi connectivity index (χ2v) is 4.27. The van der Waals surface area contributed by atoms with E-state index in [4.69, 9.17) is 10.5 Å². The van der Waals surface area contributed by atoms with Gasteiger partial charge >= 0.3 is 0 Å². The van der Waals surface area contributed by atoms with Gasteiger partial charge in [-0.25, -0.2) is 9.07 Å². The summed E-state index contributed by atoms with van der Waals surface area (Å²) in [6.45, 7) is 3.53. The molecule has 2 aromatic rings. The molecule has 5 heteroatoms. The van der Waals surface area contributed by atoms with E-state index in [-0.39, 0.29) is 11.9 Å². The quantitative estimate of drug-likeness (QED) is 0.908. The van der Waals surface area contributed by atoms with Gasteiger partial charge in [-0.1, -0.05) is 0 Å². The summed E-state index contributed by atoms with van der Waals surface area (Å²) >= 11 is 0. The van der Waals surface area contributed by atoms with Gasteiger partial charge in [-0.2, -0.15) is 5.10 Å². The minimum absolute atomic E-state index is 0.259. The lowest BCUT2D eigenvalue weighted by Gasteiger charge is -2.14. The first-order valence-electron chi connectivity index (χ1n) is 5.67. The van der Waals surface area contributed by atoms with Gasteiger partial charge < -0.3 is 10.5 Å². The predicted octanol–water partition coefficient (Wildman–Crippen LogP) is 2.35. The van der Waals surface area contributed by atoms with Crippen LogP contribution in [0, 0.1) is 12.7 Å². The third-order valence-corrected chi connectivity index (χ3v) is 2.84. The fourth-order valence-corrected chi connectivity index (χ4v) is 1.79. The zero-order valence-electron chi connectivity index (χ0n) is 10.6. The Morgan fingerprint density at radius 2 is 2.17 bits per heavy atom. The fourth-order valence-electron chi connectivity index (χ4n) is 1.79. The van der Waals surface area contributed by atoms with Crippen LogP contribution in [0.15, 0.2) is 24.5 Å². The molecule has 1 heterocycles. The number of methoxy groups -OCH3 is 1. The number of benzene rings is 1. The van der Waals surface area contributed by atoms with Gasteiger partial charge in [0.2, 0.25) is 0 Å². The maximum atomic E-state index is 13.6. The molecule has 1 atom stereocenters. The number of nitrogens with zero attached hydrogens (tertiary/aromatic N) is 2. The van der Waals surface area contributed by atoms with Gasteiger partial charge in [0, 0.05) is 6.04 Å². The van der Waals surface area contributed by atoms with Crippen molar-refractivity contribution in [2.75, 3.05) is 7.11 Å². The Kier molecular flexibility index (Phi) is 3.34. The van der Waals surface area contributed by atoms with E-state index in [9.17, 15) is 4.39 Å². The van der Waals surface area contributed by atoms with Crippen LogP contribution >= 0.6 is 0 Å². The van der Waals surface area contributed by atoms with E-state index in [1.165, 1.54) is 6.07 Å². The molecule has 0 fully saturated rings. The Balaban J connectivity index is 2.58. The Bertz CT molecular complexity index is 563. The number of ether oxygens (including phenoxy) is 1. The summed E-state index contributed by atoms with van der Waals surface area (Å²) < 4.78 is 20.3. The standard InChI is InChI=1S/C13H16FN3O/c1-8-4-13(11(9(2)15)5-12(8)14)17-7-10(18-3)6-16-17/h4-7,9H,15H2,1-3H3. The summed E-state index contributed by atoms with van der Waals surface area (Å²) in [7, 11) is 1.57. The molecule has 0 saturated heterocycles. The van der Waals surface area contributed by atoms with Crippen molar-refractivity contribution in [1.82, 2.24) is 9.78 Å². The number of hydrogen-bond acceptors (Lipinski definition) is 3. The van der Waals surface area contributed by atoms with E-state index in [1.807, 2.05) is 6.92 Å². The normalized spacial score (nSPS) is 12.5. The third-order valence-electron chi connectivity index (χ3n) is 2.84. The van der Waals surface area contributed by atoms with Crippen LogP contribution < -0.4 is 10.5 Å². The summed E-state index contributed by atoms with van der Waals surface area (Å²) in [5.41, 5.74) is 7.91. The molecule has 1 aromatic heterocycles. The second-order valence-electron chi connectivity index (χ2n) is 4.27. The van der Waals surface area contributed by atoms with Crippen LogP contribution in [0.2, 0.25) is 0 Å². The first-order valence-corrected chi connectivity index (χ1v) is 5.67. The summed E-state index contributed by atoms with van der Waals surface area (Å²) in [6.07, 6.45) is 3.34. The highest BCUT2D eigenvalue weighted by atomic mass is 19.1. The van der Waals surface area contributed by atoms with Crippen molar-refractivity contribution in [3.05, 3.63) is 41.5 Å². The topological polar surface area (TPSA) is 53.1 Å². The van der Waals surface area contributed by atoms with Crippen LogP contribution in [0.5, 0.6) is 5.75 Å². The van der Waals surface area contributed by atoms with Crippen LogP contribution in [0.1, 0.15) is 24.1 Å². The molecule has 4 nitrogen and oxygen atoms in total. The van der Waals surface area contributed by atoms with Crippen molar-refractivity contribution in [3.63, 3.8) is 0 Å². The third kappa shape index (κ3) is 2.22. The zero-order valence-corrected chi connectivity index (χ0v) is 10.6. The molecule has 2 rings (SSSR count). The molecular formula is C13H16FN3O. The molecule has 2 N–H and O–H groups in total. The Labute approximate surface area is 105 Å². The van der Waals surface area contributed by atoms with Crippen LogP contribution in [-0.2, 0) is 0 Å². The minimum Gasteiger partial charge on any atom is -0.493 e. The Morgan fingerprint density at radius 3 is 2.72 bits per heavy atom. The molecule has 1 unspecified atom stereocenters. The molecule has 1 aromatic carbocycles. The molecule has 0 aliphatic heterocycles. The number of hydrogen-bond donors (Lipinski definition) is 1. The van der Waals surface area contributed by atoms with E-state index in [2.05, 4.69) is 5.10 Å². The molecule has 96 valence electrons. The molecule has 18 heavy (non-hydrogen) atoms. The first kappa shape index (κ1) is 12.6. The van der Waals surface area contributed by atoms with Crippen molar-refractivity contribution >= 4 is 0 Å². The number of nitrogens with two attached hydrogens (primary N) is 1. The molecule has 0 aliphatic carbocycles. The molecule has 0 spiro atoms. The average molecular weight is 249 g/mol. The smallest absolute Gasteiger partial charge is 0.157 e. The monoisotopic (exact) mass is 249 g/mol. The number of rotatable bonds is 3. The molecule has 0 saturated carbocycles. The van der Waals surface area contributed by atoms with Gasteiger partial charge in [-0.15, -0.1) is 0 Å². The van der Waals surface area contributed by atoms with Gasteiger partial charge in [0.15, 0.2) is 5.75 Å². The molecule has 0 bridgehead atoms. The van der Waals surface area contributed by atoms with E-state index in [0.29, 0.717) is 16.9 Å². The largest absolute Gasteiger partial charge is 0.493 e. The van der Waals surface area contributed by atoms with E-state index in [1.54, 1.807) is 37.2 Å². The lowest BCUT2D eigenvalue weighted by molar-refractivity contribution is 0.414. The first-order chi connectivity index (χ1) is 8.52. The summed E-state index contributed by atoms with van der Waals surface area (Å²) in [4.78, 5) is 0. The van der Waals surface area contributed by atoms with Crippen LogP contribution in [0.3, 0.4) is 0 Å². The van der Waals surface area contributed by atoms with Gasteiger partial charge in [0.25, 0.3) is 0 Å². The summed E-state index contributed by atoms with van der Waals surface area (Å²) in [6, 6.07) is 2.93. The summed E-state index contributed by atoms with van der Waals surface area (Å²) in [5.74, 6) is 0.387. The number of halogens is 1. The fraction of sp³-hybridized carbons (Fsp3) is 0.308. The van der Waals surface area contributed by atoms with Crippen molar-refractivity contribution in [1.29, 1.82) is 0 Å². The maximum absolute atomic E-state index is 13.6. The number of aromatic nitrogens is 2. The van der Waals surface area contributed by atoms with Gasteiger partial charge in [0.1, 0.15) is 5.82 Å². The lowest BCUT2D eigenvalue weighted by atomic mass is 10.0. The second kappa shape index (κ2) is 4.78. The van der Waals surface area contributed by atoms with Crippen molar-refractivity contribution in [3.8, 4) is 11.4 Å². The van der Waals surface area contributed by atoms with E-state index < -0.39 is 0 Å². The maximum Gasteiger partial charge on any atom is 0.157 e. The number of aryl methyl sites for hydroxylation is 1. The van der Waals surface area contributed by atoms with E-state index >= 15 is 0 Å². The highest BCUT2D eigenvalue weighted by Crippen LogP contribution is 2.24. The van der Waals surface area contributed by atoms with Gasteiger partial charge in [-0.05, 0) is 37.1 Å². The highest BCUT2D eigenvalue weighted by molar-refractivity contribution is 5.46. The lowest BCUT2D eigenvalue weighted by Crippen LogP contribution is -2.11. The van der Waals surface area contributed by atoms with Crippen molar-refractivity contribution < 1.29 is 9.13 Å². The van der Waals surface area contributed by atoms with Gasteiger partial charge in [0.05, 0.1) is 25.2 Å². The van der Waals surface area contributed by atoms with Gasteiger partial charge in [-0.3, -0.25) is 0 Å². The molecule has 0 radical (unpaired) electrons. The average Bonchev–Trinajstić information content (AvgIpc) is 2.80. The van der Waals surface area contributed by atoms with E-state index in [0.717, 1.165) is 5.69 Å².